The Labute approximate surface area is 145 Å². The lowest BCUT2D eigenvalue weighted by atomic mass is 10.2. The second-order valence-corrected chi connectivity index (χ2v) is 6.12. The highest BCUT2D eigenvalue weighted by Crippen LogP contribution is 2.29. The number of carbonyl (C=O) groups is 2. The number of amides is 2. The number of hydrazone groups is 1. The molecule has 0 aliphatic carbocycles. The Hall–Kier alpha value is -2.16. The van der Waals surface area contributed by atoms with E-state index >= 15 is 0 Å². The van der Waals surface area contributed by atoms with Crippen LogP contribution < -0.4 is 16.5 Å². The quantitative estimate of drug-likeness (QED) is 0.435. The highest BCUT2D eigenvalue weighted by molar-refractivity contribution is 7.17. The van der Waals surface area contributed by atoms with Crippen LogP contribution in [0.2, 0.25) is 10.2 Å². The minimum atomic E-state index is -1.13. The molecule has 1 aromatic carbocycles. The fourth-order valence-corrected chi connectivity index (χ4v) is 2.67. The summed E-state index contributed by atoms with van der Waals surface area (Å²) in [7, 11) is 0. The molecule has 0 aliphatic rings. The first-order chi connectivity index (χ1) is 10.9. The SMILES string of the molecule is Cc1ccc(Nc2nc(Cl)c(/C=N/NC(=O)C(N)=O)s2)cc1Cl. The standard InChI is InChI=1S/C13H11Cl2N5O2S/c1-6-2-3-7(4-8(6)14)18-13-19-10(15)9(23-13)5-17-20-12(22)11(16)21/h2-5H,1H3,(H2,16,21)(H,18,19)(H,20,22)/b17-5+. The average molecular weight is 372 g/mol. The van der Waals surface area contributed by atoms with Gasteiger partial charge in [0.05, 0.1) is 11.1 Å². The Balaban J connectivity index is 2.08. The van der Waals surface area contributed by atoms with Gasteiger partial charge in [-0.15, -0.1) is 0 Å². The van der Waals surface area contributed by atoms with Crippen LogP contribution in [0.1, 0.15) is 10.4 Å². The van der Waals surface area contributed by atoms with Gasteiger partial charge in [0, 0.05) is 10.7 Å². The van der Waals surface area contributed by atoms with Gasteiger partial charge in [0.15, 0.2) is 10.3 Å². The smallest absolute Gasteiger partial charge is 0.329 e. The number of nitrogens with one attached hydrogen (secondary N) is 2. The third-order valence-corrected chi connectivity index (χ3v) is 4.32. The molecule has 0 spiro atoms. The van der Waals surface area contributed by atoms with Gasteiger partial charge in [0.2, 0.25) is 0 Å². The van der Waals surface area contributed by atoms with E-state index in [0.717, 1.165) is 11.3 Å². The van der Waals surface area contributed by atoms with E-state index in [0.29, 0.717) is 15.0 Å². The molecule has 1 heterocycles. The first-order valence-electron chi connectivity index (χ1n) is 6.19. The minimum Gasteiger partial charge on any atom is -0.361 e. The van der Waals surface area contributed by atoms with Gasteiger partial charge < -0.3 is 11.1 Å². The molecule has 7 nitrogen and oxygen atoms in total. The summed E-state index contributed by atoms with van der Waals surface area (Å²) in [6.45, 7) is 1.90. The van der Waals surface area contributed by atoms with E-state index in [4.69, 9.17) is 28.9 Å². The number of hydrogen-bond acceptors (Lipinski definition) is 6. The predicted molar refractivity (Wildman–Crippen MR) is 91.5 cm³/mol. The number of benzene rings is 1. The van der Waals surface area contributed by atoms with E-state index in [9.17, 15) is 9.59 Å². The van der Waals surface area contributed by atoms with Crippen LogP contribution >= 0.6 is 34.5 Å². The molecule has 0 bridgehead atoms. The Bertz CT molecular complexity index is 791. The van der Waals surface area contributed by atoms with Crippen molar-refractivity contribution >= 4 is 63.4 Å². The molecular weight excluding hydrogens is 361 g/mol. The molecule has 0 radical (unpaired) electrons. The van der Waals surface area contributed by atoms with Gasteiger partial charge in [-0.1, -0.05) is 40.6 Å². The maximum atomic E-state index is 11.0. The van der Waals surface area contributed by atoms with E-state index in [1.165, 1.54) is 17.6 Å². The largest absolute Gasteiger partial charge is 0.361 e. The summed E-state index contributed by atoms with van der Waals surface area (Å²) in [4.78, 5) is 26.1. The molecule has 0 saturated heterocycles. The average Bonchev–Trinajstić information content (AvgIpc) is 2.82. The van der Waals surface area contributed by atoms with E-state index in [2.05, 4.69) is 15.4 Å². The monoisotopic (exact) mass is 371 g/mol. The second-order valence-electron chi connectivity index (χ2n) is 4.33. The van der Waals surface area contributed by atoms with Crippen LogP contribution in [-0.2, 0) is 9.59 Å². The second kappa shape index (κ2) is 7.40. The number of halogens is 2. The third-order valence-electron chi connectivity index (χ3n) is 2.60. The van der Waals surface area contributed by atoms with Gasteiger partial charge in [-0.3, -0.25) is 9.59 Å². The van der Waals surface area contributed by atoms with Crippen LogP contribution in [-0.4, -0.2) is 23.0 Å². The lowest BCUT2D eigenvalue weighted by Gasteiger charge is -2.04. The van der Waals surface area contributed by atoms with Crippen molar-refractivity contribution in [3.8, 4) is 0 Å². The Morgan fingerprint density at radius 2 is 2.13 bits per heavy atom. The van der Waals surface area contributed by atoms with Crippen molar-refractivity contribution in [1.82, 2.24) is 10.4 Å². The van der Waals surface area contributed by atoms with Crippen molar-refractivity contribution in [2.24, 2.45) is 10.8 Å². The summed E-state index contributed by atoms with van der Waals surface area (Å²) in [5, 5.41) is 8.01. The highest BCUT2D eigenvalue weighted by atomic mass is 35.5. The molecule has 1 aromatic heterocycles. The van der Waals surface area contributed by atoms with Gasteiger partial charge in [-0.25, -0.2) is 10.4 Å². The number of aryl methyl sites for hydroxylation is 1. The van der Waals surface area contributed by atoms with Crippen molar-refractivity contribution in [3.63, 3.8) is 0 Å². The fourth-order valence-electron chi connectivity index (χ4n) is 1.45. The molecule has 2 amide bonds. The highest BCUT2D eigenvalue weighted by Gasteiger charge is 2.10. The van der Waals surface area contributed by atoms with Crippen molar-refractivity contribution in [3.05, 3.63) is 38.8 Å². The molecule has 120 valence electrons. The van der Waals surface area contributed by atoms with Gasteiger partial charge in [-0.05, 0) is 24.6 Å². The molecule has 0 aliphatic heterocycles. The van der Waals surface area contributed by atoms with Gasteiger partial charge in [0.1, 0.15) is 0 Å². The Morgan fingerprint density at radius 3 is 2.78 bits per heavy atom. The van der Waals surface area contributed by atoms with E-state index in [1.807, 2.05) is 24.5 Å². The van der Waals surface area contributed by atoms with Gasteiger partial charge in [-0.2, -0.15) is 5.10 Å². The lowest BCUT2D eigenvalue weighted by Crippen LogP contribution is -2.32. The maximum Gasteiger partial charge on any atom is 0.329 e. The molecular formula is C13H11Cl2N5O2S. The predicted octanol–water partition coefficient (Wildman–Crippen LogP) is 2.44. The molecule has 2 rings (SSSR count). The molecule has 2 aromatic rings. The number of nitrogens with zero attached hydrogens (tertiary/aromatic N) is 2. The molecule has 23 heavy (non-hydrogen) atoms. The third kappa shape index (κ3) is 4.65. The summed E-state index contributed by atoms with van der Waals surface area (Å²) < 4.78 is 0. The van der Waals surface area contributed by atoms with Crippen molar-refractivity contribution in [2.45, 2.75) is 6.92 Å². The van der Waals surface area contributed by atoms with Gasteiger partial charge in [0.25, 0.3) is 0 Å². The number of rotatable bonds is 4. The number of primary amides is 1. The number of carbonyl (C=O) groups excluding carboxylic acids is 2. The van der Waals surface area contributed by atoms with Gasteiger partial charge >= 0.3 is 11.8 Å². The summed E-state index contributed by atoms with van der Waals surface area (Å²) >= 11 is 13.3. The van der Waals surface area contributed by atoms with Crippen molar-refractivity contribution in [2.75, 3.05) is 5.32 Å². The van der Waals surface area contributed by atoms with Crippen LogP contribution in [0.4, 0.5) is 10.8 Å². The number of nitrogens with two attached hydrogens (primary N) is 1. The van der Waals surface area contributed by atoms with Crippen LogP contribution in [0, 0.1) is 6.92 Å². The summed E-state index contributed by atoms with van der Waals surface area (Å²) in [5.41, 5.74) is 8.47. The molecule has 0 atom stereocenters. The number of anilines is 2. The zero-order chi connectivity index (χ0) is 17.0. The zero-order valence-electron chi connectivity index (χ0n) is 11.8. The summed E-state index contributed by atoms with van der Waals surface area (Å²) in [6, 6.07) is 5.51. The molecule has 4 N–H and O–H groups in total. The lowest BCUT2D eigenvalue weighted by molar-refractivity contribution is -0.137. The zero-order valence-corrected chi connectivity index (χ0v) is 14.1. The van der Waals surface area contributed by atoms with Crippen LogP contribution in [0.3, 0.4) is 0 Å². The molecule has 0 fully saturated rings. The van der Waals surface area contributed by atoms with Crippen molar-refractivity contribution < 1.29 is 9.59 Å². The number of hydrogen-bond donors (Lipinski definition) is 3. The van der Waals surface area contributed by atoms with Crippen LogP contribution in [0.15, 0.2) is 23.3 Å². The summed E-state index contributed by atoms with van der Waals surface area (Å²) in [6.07, 6.45) is 1.27. The normalized spacial score (nSPS) is 10.7. The molecule has 0 unspecified atom stereocenters. The van der Waals surface area contributed by atoms with Crippen LogP contribution in [0.25, 0.3) is 0 Å². The van der Waals surface area contributed by atoms with E-state index in [1.54, 1.807) is 6.07 Å². The van der Waals surface area contributed by atoms with E-state index in [-0.39, 0.29) is 5.15 Å². The topological polar surface area (TPSA) is 109 Å². The molecule has 0 saturated carbocycles. The first-order valence-corrected chi connectivity index (χ1v) is 7.76. The number of aromatic nitrogens is 1. The maximum absolute atomic E-state index is 11.0. The molecule has 10 heteroatoms. The Kier molecular flexibility index (Phi) is 5.54. The van der Waals surface area contributed by atoms with Crippen molar-refractivity contribution in [1.29, 1.82) is 0 Å². The first kappa shape index (κ1) is 17.2. The summed E-state index contributed by atoms with van der Waals surface area (Å²) in [5.74, 6) is -2.15. The minimum absolute atomic E-state index is 0.202. The van der Waals surface area contributed by atoms with Crippen LogP contribution in [0.5, 0.6) is 0 Å². The number of thiazole rings is 1. The fraction of sp³-hybridized carbons (Fsp3) is 0.0769. The van der Waals surface area contributed by atoms with E-state index < -0.39 is 11.8 Å². The Morgan fingerprint density at radius 1 is 1.39 bits per heavy atom.